The molecule has 1 aromatic carbocycles. The number of nitrogens with zero attached hydrogens (tertiary/aromatic N) is 1. The predicted octanol–water partition coefficient (Wildman–Crippen LogP) is 2.07. The lowest BCUT2D eigenvalue weighted by Gasteiger charge is -2.00. The SMILES string of the molecule is COC(=O)c1ccc(-c2nc(COS(C)(=O)=O)cs2)cc1. The molecule has 0 atom stereocenters. The van der Waals surface area contributed by atoms with Crippen LogP contribution in [0, 0.1) is 0 Å². The molecule has 0 aliphatic carbocycles. The Kier molecular flexibility index (Phi) is 4.71. The number of benzene rings is 1. The van der Waals surface area contributed by atoms with Crippen LogP contribution in [0.1, 0.15) is 16.1 Å². The van der Waals surface area contributed by atoms with Crippen LogP contribution in [0.2, 0.25) is 0 Å². The molecule has 2 rings (SSSR count). The van der Waals surface area contributed by atoms with Gasteiger partial charge < -0.3 is 4.74 Å². The Morgan fingerprint density at radius 2 is 1.95 bits per heavy atom. The first-order valence-corrected chi connectivity index (χ1v) is 8.56. The van der Waals surface area contributed by atoms with E-state index >= 15 is 0 Å². The zero-order valence-electron chi connectivity index (χ0n) is 11.4. The molecule has 8 heteroatoms. The number of hydrogen-bond acceptors (Lipinski definition) is 7. The summed E-state index contributed by atoms with van der Waals surface area (Å²) in [6, 6.07) is 6.81. The molecule has 1 aromatic heterocycles. The molecular weight excluding hydrogens is 314 g/mol. The predicted molar refractivity (Wildman–Crippen MR) is 78.5 cm³/mol. The number of rotatable bonds is 5. The second-order valence-corrected chi connectivity index (χ2v) is 6.68. The van der Waals surface area contributed by atoms with Crippen molar-refractivity contribution in [3.63, 3.8) is 0 Å². The molecule has 1 heterocycles. The van der Waals surface area contributed by atoms with Gasteiger partial charge in [0.25, 0.3) is 10.1 Å². The van der Waals surface area contributed by atoms with Crippen molar-refractivity contribution < 1.29 is 22.1 Å². The number of thiazole rings is 1. The quantitative estimate of drug-likeness (QED) is 0.617. The summed E-state index contributed by atoms with van der Waals surface area (Å²) in [6.45, 7) is -0.0877. The van der Waals surface area contributed by atoms with Gasteiger partial charge in [-0.3, -0.25) is 4.18 Å². The highest BCUT2D eigenvalue weighted by molar-refractivity contribution is 7.85. The van der Waals surface area contributed by atoms with Gasteiger partial charge in [-0.1, -0.05) is 12.1 Å². The Balaban J connectivity index is 2.12. The van der Waals surface area contributed by atoms with Crippen molar-refractivity contribution >= 4 is 27.4 Å². The van der Waals surface area contributed by atoms with Gasteiger partial charge in [0, 0.05) is 10.9 Å². The fourth-order valence-electron chi connectivity index (χ4n) is 1.54. The summed E-state index contributed by atoms with van der Waals surface area (Å²) in [4.78, 5) is 15.6. The Bertz CT molecular complexity index is 734. The van der Waals surface area contributed by atoms with Crippen LogP contribution in [0.4, 0.5) is 0 Å². The highest BCUT2D eigenvalue weighted by Crippen LogP contribution is 2.24. The molecule has 6 nitrogen and oxygen atoms in total. The third kappa shape index (κ3) is 4.35. The van der Waals surface area contributed by atoms with Crippen LogP contribution in [-0.4, -0.2) is 32.7 Å². The van der Waals surface area contributed by atoms with Crippen molar-refractivity contribution in [3.05, 3.63) is 40.9 Å². The second-order valence-electron chi connectivity index (χ2n) is 4.18. The van der Waals surface area contributed by atoms with Crippen LogP contribution in [0.3, 0.4) is 0 Å². The molecule has 0 N–H and O–H groups in total. The smallest absolute Gasteiger partial charge is 0.337 e. The first-order chi connectivity index (χ1) is 9.89. The molecule has 0 aliphatic rings. The second kappa shape index (κ2) is 6.33. The molecule has 0 saturated heterocycles. The van der Waals surface area contributed by atoms with Crippen LogP contribution in [-0.2, 0) is 25.6 Å². The number of carbonyl (C=O) groups excluding carboxylic acids is 1. The van der Waals surface area contributed by atoms with Gasteiger partial charge in [0.05, 0.1) is 24.6 Å². The summed E-state index contributed by atoms with van der Waals surface area (Å²) in [7, 11) is -2.16. The van der Waals surface area contributed by atoms with Gasteiger partial charge in [-0.05, 0) is 12.1 Å². The van der Waals surface area contributed by atoms with E-state index in [1.54, 1.807) is 29.6 Å². The van der Waals surface area contributed by atoms with E-state index in [1.807, 2.05) is 0 Å². The highest BCUT2D eigenvalue weighted by atomic mass is 32.2. The third-order valence-electron chi connectivity index (χ3n) is 2.53. The molecule has 112 valence electrons. The lowest BCUT2D eigenvalue weighted by molar-refractivity contribution is 0.0600. The van der Waals surface area contributed by atoms with Crippen LogP contribution in [0.5, 0.6) is 0 Å². The highest BCUT2D eigenvalue weighted by Gasteiger charge is 2.09. The average Bonchev–Trinajstić information content (AvgIpc) is 2.93. The molecule has 0 unspecified atom stereocenters. The first kappa shape index (κ1) is 15.6. The minimum Gasteiger partial charge on any atom is -0.465 e. The lowest BCUT2D eigenvalue weighted by atomic mass is 10.1. The molecule has 0 radical (unpaired) electrons. The maximum atomic E-state index is 11.3. The van der Waals surface area contributed by atoms with E-state index in [1.165, 1.54) is 18.4 Å². The van der Waals surface area contributed by atoms with Crippen molar-refractivity contribution in [2.24, 2.45) is 0 Å². The van der Waals surface area contributed by atoms with E-state index in [9.17, 15) is 13.2 Å². The van der Waals surface area contributed by atoms with Crippen LogP contribution in [0.25, 0.3) is 10.6 Å². The molecule has 0 fully saturated rings. The van der Waals surface area contributed by atoms with E-state index in [0.29, 0.717) is 11.3 Å². The molecule has 0 saturated carbocycles. The first-order valence-electron chi connectivity index (χ1n) is 5.86. The number of hydrogen-bond donors (Lipinski definition) is 0. The molecular formula is C13H13NO5S2. The number of carbonyl (C=O) groups is 1. The third-order valence-corrected chi connectivity index (χ3v) is 4.01. The van der Waals surface area contributed by atoms with Gasteiger partial charge in [-0.2, -0.15) is 8.42 Å². The maximum Gasteiger partial charge on any atom is 0.337 e. The topological polar surface area (TPSA) is 82.6 Å². The number of methoxy groups -OCH3 is 1. The maximum absolute atomic E-state index is 11.3. The number of ether oxygens (including phenoxy) is 1. The fraction of sp³-hybridized carbons (Fsp3) is 0.231. The minimum atomic E-state index is -3.48. The van der Waals surface area contributed by atoms with Crippen molar-refractivity contribution in [3.8, 4) is 10.6 Å². The van der Waals surface area contributed by atoms with Crippen molar-refractivity contribution in [1.29, 1.82) is 0 Å². The van der Waals surface area contributed by atoms with Crippen molar-refractivity contribution in [1.82, 2.24) is 4.98 Å². The molecule has 0 aliphatic heterocycles. The van der Waals surface area contributed by atoms with Gasteiger partial charge in [-0.25, -0.2) is 9.78 Å². The minimum absolute atomic E-state index is 0.0877. The largest absolute Gasteiger partial charge is 0.465 e. The van der Waals surface area contributed by atoms with Crippen molar-refractivity contribution in [2.45, 2.75) is 6.61 Å². The summed E-state index contributed by atoms with van der Waals surface area (Å²) in [5, 5.41) is 2.45. The molecule has 0 amide bonds. The Hall–Kier alpha value is -1.77. The Labute approximate surface area is 126 Å². The normalized spacial score (nSPS) is 11.3. The van der Waals surface area contributed by atoms with Crippen LogP contribution >= 0.6 is 11.3 Å². The van der Waals surface area contributed by atoms with Gasteiger partial charge >= 0.3 is 5.97 Å². The standard InChI is InChI=1S/C13H13NO5S2/c1-18-13(15)10-5-3-9(4-6-10)12-14-11(8-20-12)7-19-21(2,16)17/h3-6,8H,7H2,1-2H3. The summed E-state index contributed by atoms with van der Waals surface area (Å²) in [6.07, 6.45) is 0.992. The van der Waals surface area contributed by atoms with E-state index in [2.05, 4.69) is 13.9 Å². The van der Waals surface area contributed by atoms with Crippen LogP contribution < -0.4 is 0 Å². The number of aromatic nitrogens is 1. The van der Waals surface area contributed by atoms with Gasteiger partial charge in [0.1, 0.15) is 11.6 Å². The zero-order valence-corrected chi connectivity index (χ0v) is 13.0. The monoisotopic (exact) mass is 327 g/mol. The fourth-order valence-corrected chi connectivity index (χ4v) is 2.69. The van der Waals surface area contributed by atoms with E-state index in [-0.39, 0.29) is 6.61 Å². The molecule has 0 bridgehead atoms. The summed E-state index contributed by atoms with van der Waals surface area (Å²) >= 11 is 1.37. The molecule has 21 heavy (non-hydrogen) atoms. The van der Waals surface area contributed by atoms with Gasteiger partial charge in [0.2, 0.25) is 0 Å². The summed E-state index contributed by atoms with van der Waals surface area (Å²) in [5.74, 6) is -0.400. The summed E-state index contributed by atoms with van der Waals surface area (Å²) < 4.78 is 31.2. The zero-order chi connectivity index (χ0) is 15.5. The lowest BCUT2D eigenvalue weighted by Crippen LogP contribution is -2.02. The van der Waals surface area contributed by atoms with Crippen LogP contribution in [0.15, 0.2) is 29.6 Å². The number of esters is 1. The summed E-state index contributed by atoms with van der Waals surface area (Å²) in [5.41, 5.74) is 1.83. The molecule has 2 aromatic rings. The van der Waals surface area contributed by atoms with Gasteiger partial charge in [0.15, 0.2) is 0 Å². The van der Waals surface area contributed by atoms with E-state index in [4.69, 9.17) is 0 Å². The Morgan fingerprint density at radius 1 is 1.29 bits per heavy atom. The van der Waals surface area contributed by atoms with Gasteiger partial charge in [-0.15, -0.1) is 11.3 Å². The molecule has 0 spiro atoms. The van der Waals surface area contributed by atoms with E-state index < -0.39 is 16.1 Å². The van der Waals surface area contributed by atoms with E-state index in [0.717, 1.165) is 16.8 Å². The Morgan fingerprint density at radius 3 is 2.52 bits per heavy atom. The average molecular weight is 327 g/mol. The van der Waals surface area contributed by atoms with Crippen molar-refractivity contribution in [2.75, 3.05) is 13.4 Å².